The molecule has 0 aliphatic carbocycles. The van der Waals surface area contributed by atoms with Crippen molar-refractivity contribution in [1.29, 1.82) is 0 Å². The summed E-state index contributed by atoms with van der Waals surface area (Å²) in [5.74, 6) is 0.386. The third kappa shape index (κ3) is 9.91. The molecule has 17 heteroatoms. The third-order valence-corrected chi connectivity index (χ3v) is 11.6. The van der Waals surface area contributed by atoms with E-state index in [1.807, 2.05) is 72.8 Å². The van der Waals surface area contributed by atoms with Gasteiger partial charge in [-0.2, -0.15) is 0 Å². The predicted molar refractivity (Wildman–Crippen MR) is 215 cm³/mol. The molecule has 0 atom stereocenters. The quantitative estimate of drug-likeness (QED) is 0.0474. The Balaban J connectivity index is 1.01. The van der Waals surface area contributed by atoms with Crippen LogP contribution in [0.4, 0.5) is 36.1 Å². The molecule has 5 aromatic carbocycles. The molecule has 57 heavy (non-hydrogen) atoms. The molecule has 1 fully saturated rings. The highest BCUT2D eigenvalue weighted by Gasteiger charge is 2.31. The number of hydrogen-bond acceptors (Lipinski definition) is 11. The van der Waals surface area contributed by atoms with Crippen LogP contribution in [0.25, 0.3) is 22.0 Å². The van der Waals surface area contributed by atoms with Crippen molar-refractivity contribution in [2.75, 3.05) is 53.4 Å². The van der Waals surface area contributed by atoms with E-state index in [1.54, 1.807) is 23.9 Å². The fourth-order valence-electron chi connectivity index (χ4n) is 6.56. The highest BCUT2D eigenvalue weighted by atomic mass is 32.2. The van der Waals surface area contributed by atoms with Gasteiger partial charge in [-0.15, -0.1) is 24.9 Å². The van der Waals surface area contributed by atoms with Gasteiger partial charge in [0.2, 0.25) is 0 Å². The largest absolute Gasteiger partial charge is 0.573 e. The Kier molecular flexibility index (Phi) is 11.8. The van der Waals surface area contributed by atoms with Gasteiger partial charge in [0.1, 0.15) is 17.8 Å². The van der Waals surface area contributed by atoms with Gasteiger partial charge in [0.25, 0.3) is 15.7 Å². The van der Waals surface area contributed by atoms with Crippen molar-refractivity contribution in [2.45, 2.75) is 22.7 Å². The van der Waals surface area contributed by atoms with Crippen LogP contribution in [0.3, 0.4) is 0 Å². The number of nitro benzene ring substituents is 1. The van der Waals surface area contributed by atoms with E-state index < -0.39 is 21.3 Å². The molecule has 1 aromatic heterocycles. The molecule has 0 spiro atoms. The second-order valence-corrected chi connectivity index (χ2v) is 15.9. The second kappa shape index (κ2) is 17.1. The number of thioether (sulfide) groups is 1. The minimum Gasteiger partial charge on any atom is -0.406 e. The number of piperazine rings is 1. The number of sulfonamides is 1. The van der Waals surface area contributed by atoms with Gasteiger partial charge in [-0.25, -0.2) is 18.4 Å². The number of fused-ring (bicyclic) bond motifs is 1. The lowest BCUT2D eigenvalue weighted by molar-refractivity contribution is -0.384. The zero-order valence-corrected chi connectivity index (χ0v) is 31.9. The maximum atomic E-state index is 13.5. The number of nitrogens with one attached hydrogen (secondary N) is 2. The molecule has 2 N–H and O–H groups in total. The zero-order chi connectivity index (χ0) is 40.0. The maximum absolute atomic E-state index is 13.5. The number of anilines is 3. The van der Waals surface area contributed by atoms with Crippen LogP contribution in [-0.2, 0) is 16.6 Å². The van der Waals surface area contributed by atoms with Gasteiger partial charge in [-0.05, 0) is 71.3 Å². The molecule has 1 aliphatic heterocycles. The number of alkyl halides is 3. The summed E-state index contributed by atoms with van der Waals surface area (Å²) in [4.78, 5) is 25.0. The van der Waals surface area contributed by atoms with Crippen molar-refractivity contribution >= 4 is 55.6 Å². The summed E-state index contributed by atoms with van der Waals surface area (Å²) in [6.45, 7) is 3.31. The lowest BCUT2D eigenvalue weighted by Crippen LogP contribution is -2.46. The normalized spacial score (nSPS) is 13.7. The van der Waals surface area contributed by atoms with E-state index in [1.165, 1.54) is 30.6 Å². The first-order valence-electron chi connectivity index (χ1n) is 17.8. The summed E-state index contributed by atoms with van der Waals surface area (Å²) in [5, 5.41) is 15.4. The lowest BCUT2D eigenvalue weighted by atomic mass is 9.98. The summed E-state index contributed by atoms with van der Waals surface area (Å²) >= 11 is 1.59. The highest BCUT2D eigenvalue weighted by molar-refractivity contribution is 7.99. The predicted octanol–water partition coefficient (Wildman–Crippen LogP) is 8.43. The number of ether oxygens (including phenoxy) is 1. The molecular formula is C40H36F3N7O5S2. The average Bonchev–Trinajstić information content (AvgIpc) is 3.20. The summed E-state index contributed by atoms with van der Waals surface area (Å²) in [5.41, 5.74) is 3.59. The minimum absolute atomic E-state index is 0.0186. The Morgan fingerprint density at radius 2 is 1.60 bits per heavy atom. The number of benzene rings is 5. The first-order chi connectivity index (χ1) is 27.4. The summed E-state index contributed by atoms with van der Waals surface area (Å²) in [6, 6.07) is 32.7. The van der Waals surface area contributed by atoms with Crippen LogP contribution < -0.4 is 19.7 Å². The maximum Gasteiger partial charge on any atom is 0.573 e. The molecule has 2 heterocycles. The molecule has 294 valence electrons. The van der Waals surface area contributed by atoms with E-state index in [0.29, 0.717) is 61.5 Å². The zero-order valence-electron chi connectivity index (χ0n) is 30.2. The van der Waals surface area contributed by atoms with Gasteiger partial charge < -0.3 is 15.0 Å². The van der Waals surface area contributed by atoms with Gasteiger partial charge >= 0.3 is 6.36 Å². The molecule has 0 saturated carbocycles. The Hall–Kier alpha value is -5.91. The fourth-order valence-corrected chi connectivity index (χ4v) is 8.40. The topological polar surface area (TPSA) is 143 Å². The highest BCUT2D eigenvalue weighted by Crippen LogP contribution is 2.33. The van der Waals surface area contributed by atoms with Gasteiger partial charge in [0, 0.05) is 67.1 Å². The van der Waals surface area contributed by atoms with Crippen LogP contribution in [-0.4, -0.2) is 73.0 Å². The summed E-state index contributed by atoms with van der Waals surface area (Å²) in [6.07, 6.45) is -3.56. The number of nitrogens with zero attached hydrogens (tertiary/aromatic N) is 5. The monoisotopic (exact) mass is 815 g/mol. The summed E-state index contributed by atoms with van der Waals surface area (Å²) in [7, 11) is -4.29. The van der Waals surface area contributed by atoms with Crippen LogP contribution in [0.1, 0.15) is 5.56 Å². The van der Waals surface area contributed by atoms with E-state index in [0.717, 1.165) is 27.8 Å². The van der Waals surface area contributed by atoms with Crippen molar-refractivity contribution < 1.29 is 31.2 Å². The smallest absolute Gasteiger partial charge is 0.406 e. The first-order valence-corrected chi connectivity index (χ1v) is 20.3. The van der Waals surface area contributed by atoms with Gasteiger partial charge in [-0.1, -0.05) is 54.6 Å². The van der Waals surface area contributed by atoms with Crippen molar-refractivity contribution in [3.05, 3.63) is 137 Å². The fraction of sp³-hybridized carbons (Fsp3) is 0.200. The number of hydrogen-bond donors (Lipinski definition) is 2. The van der Waals surface area contributed by atoms with Crippen LogP contribution >= 0.6 is 11.8 Å². The number of aromatic nitrogens is 2. The molecule has 0 amide bonds. The van der Waals surface area contributed by atoms with Crippen LogP contribution in [0, 0.1) is 10.1 Å². The van der Waals surface area contributed by atoms with Crippen molar-refractivity contribution in [3.63, 3.8) is 0 Å². The molecule has 1 saturated heterocycles. The second-order valence-electron chi connectivity index (χ2n) is 13.0. The number of rotatable bonds is 14. The Morgan fingerprint density at radius 3 is 2.32 bits per heavy atom. The van der Waals surface area contributed by atoms with Crippen molar-refractivity contribution in [3.8, 4) is 16.9 Å². The molecule has 0 unspecified atom stereocenters. The Morgan fingerprint density at radius 1 is 0.860 bits per heavy atom. The molecule has 12 nitrogen and oxygen atoms in total. The van der Waals surface area contributed by atoms with Crippen LogP contribution in [0.15, 0.2) is 131 Å². The van der Waals surface area contributed by atoms with Gasteiger partial charge in [-0.3, -0.25) is 19.7 Å². The number of nitro groups is 1. The van der Waals surface area contributed by atoms with Crippen molar-refractivity contribution in [2.24, 2.45) is 0 Å². The van der Waals surface area contributed by atoms with E-state index in [9.17, 15) is 31.7 Å². The molecule has 0 bridgehead atoms. The molecule has 7 rings (SSSR count). The third-order valence-electron chi connectivity index (χ3n) is 9.28. The molecule has 6 aromatic rings. The SMILES string of the molecule is O=[N+]([O-])c1cc(S(=O)(=O)Nc2ncnc3cc(N4CCN(Cc5cc(OC(F)(F)F)ccc5-c5ccccc5)CC4)ccc23)ccc1NCCSc1ccccc1. The standard InChI is InChI=1S/C40H36F3N7O5S2/c41-40(42,43)55-31-12-15-34(28-7-3-1-4-8-28)29(23-31)26-48-18-20-49(21-19-48)30-11-14-35-37(24-30)45-27-46-39(35)47-57(53,54)33-13-16-36(38(25-33)50(51)52)44-17-22-56-32-9-5-2-6-10-32/h1-16,23-25,27,44H,17-22,26H2,(H,45,46,47). The molecular weight excluding hydrogens is 780 g/mol. The average molecular weight is 816 g/mol. The first kappa shape index (κ1) is 39.3. The lowest BCUT2D eigenvalue weighted by Gasteiger charge is -2.36. The van der Waals surface area contributed by atoms with Crippen LogP contribution in [0.5, 0.6) is 5.75 Å². The van der Waals surface area contributed by atoms with Gasteiger partial charge in [0.15, 0.2) is 5.82 Å². The van der Waals surface area contributed by atoms with E-state index >= 15 is 0 Å². The minimum atomic E-state index is -4.80. The summed E-state index contributed by atoms with van der Waals surface area (Å²) < 4.78 is 72.9. The molecule has 1 aliphatic rings. The van der Waals surface area contributed by atoms with Crippen molar-refractivity contribution in [1.82, 2.24) is 14.9 Å². The Labute approximate surface area is 330 Å². The van der Waals surface area contributed by atoms with Gasteiger partial charge in [0.05, 0.1) is 15.3 Å². The van der Waals surface area contributed by atoms with E-state index in [-0.39, 0.29) is 27.8 Å². The Bertz CT molecular complexity index is 2470. The van der Waals surface area contributed by atoms with E-state index in [2.05, 4.69) is 34.5 Å². The van der Waals surface area contributed by atoms with Crippen LogP contribution in [0.2, 0.25) is 0 Å². The molecule has 0 radical (unpaired) electrons. The number of halogens is 3. The van der Waals surface area contributed by atoms with E-state index in [4.69, 9.17) is 0 Å².